The Labute approximate surface area is 116 Å². The maximum absolute atomic E-state index is 13.3. The van der Waals surface area contributed by atoms with E-state index in [9.17, 15) is 4.39 Å². The van der Waals surface area contributed by atoms with Crippen LogP contribution in [0.5, 0.6) is 0 Å². The van der Waals surface area contributed by atoms with Gasteiger partial charge < -0.3 is 0 Å². The topological polar surface area (TPSA) is 38.0 Å². The second-order valence-electron chi connectivity index (χ2n) is 5.36. The molecule has 2 nitrogen and oxygen atoms in total. The molecule has 0 bridgehead atoms. The van der Waals surface area contributed by atoms with Crippen LogP contribution in [0.2, 0.25) is 0 Å². The lowest BCUT2D eigenvalue weighted by molar-refractivity contribution is 0.318. The number of nitrogens with two attached hydrogens (primary N) is 1. The lowest BCUT2D eigenvalue weighted by atomic mass is 9.87. The summed E-state index contributed by atoms with van der Waals surface area (Å²) >= 11 is 0. The van der Waals surface area contributed by atoms with Crippen LogP contribution < -0.4 is 11.3 Å². The van der Waals surface area contributed by atoms with E-state index in [1.165, 1.54) is 25.3 Å². The van der Waals surface area contributed by atoms with Crippen molar-refractivity contribution in [1.29, 1.82) is 0 Å². The molecule has 1 aromatic carbocycles. The van der Waals surface area contributed by atoms with Crippen LogP contribution in [-0.2, 0) is 6.42 Å². The predicted octanol–water partition coefficient (Wildman–Crippen LogP) is 3.72. The van der Waals surface area contributed by atoms with Gasteiger partial charge in [-0.05, 0) is 48.9 Å². The number of aryl methyl sites for hydroxylation is 1. The van der Waals surface area contributed by atoms with E-state index in [0.717, 1.165) is 24.0 Å². The largest absolute Gasteiger partial charge is 0.271 e. The summed E-state index contributed by atoms with van der Waals surface area (Å²) in [5.74, 6) is 6.09. The third kappa shape index (κ3) is 4.92. The minimum absolute atomic E-state index is 0.169. The van der Waals surface area contributed by atoms with E-state index in [4.69, 9.17) is 5.84 Å². The van der Waals surface area contributed by atoms with Crippen molar-refractivity contribution in [3.8, 4) is 0 Å². The van der Waals surface area contributed by atoms with Crippen LogP contribution >= 0.6 is 0 Å². The molecular formula is C16H27FN2. The molecule has 3 N–H and O–H groups in total. The molecule has 0 aliphatic heterocycles. The molecule has 3 heteroatoms. The molecule has 108 valence electrons. The highest BCUT2D eigenvalue weighted by Crippen LogP contribution is 2.21. The van der Waals surface area contributed by atoms with Crippen molar-refractivity contribution in [2.75, 3.05) is 0 Å². The minimum Gasteiger partial charge on any atom is -0.271 e. The van der Waals surface area contributed by atoms with Crippen LogP contribution in [-0.4, -0.2) is 6.04 Å². The van der Waals surface area contributed by atoms with E-state index in [1.807, 2.05) is 13.0 Å². The van der Waals surface area contributed by atoms with Crippen molar-refractivity contribution in [3.05, 3.63) is 35.1 Å². The fraction of sp³-hybridized carbons (Fsp3) is 0.625. The average molecular weight is 266 g/mol. The van der Waals surface area contributed by atoms with Crippen LogP contribution in [0, 0.1) is 18.7 Å². The molecular weight excluding hydrogens is 239 g/mol. The zero-order chi connectivity index (χ0) is 14.3. The standard InChI is InChI=1S/C16H27FN2/c1-4-6-7-13(5-2)16(19-18)11-14-10-15(17)9-8-12(14)3/h8-10,13,16,19H,4-7,11,18H2,1-3H3. The van der Waals surface area contributed by atoms with Gasteiger partial charge in [-0.3, -0.25) is 11.3 Å². The molecule has 2 atom stereocenters. The molecule has 0 aromatic heterocycles. The normalized spacial score (nSPS) is 14.4. The molecule has 0 heterocycles. The second-order valence-corrected chi connectivity index (χ2v) is 5.36. The zero-order valence-electron chi connectivity index (χ0n) is 12.4. The molecule has 0 aliphatic carbocycles. The van der Waals surface area contributed by atoms with Crippen molar-refractivity contribution in [2.45, 2.75) is 58.9 Å². The number of rotatable bonds is 8. The molecule has 0 radical (unpaired) electrons. The van der Waals surface area contributed by atoms with Gasteiger partial charge in [0.15, 0.2) is 0 Å². The van der Waals surface area contributed by atoms with Gasteiger partial charge in [-0.2, -0.15) is 0 Å². The average Bonchev–Trinajstić information content (AvgIpc) is 2.41. The summed E-state index contributed by atoms with van der Waals surface area (Å²) in [4.78, 5) is 0. The summed E-state index contributed by atoms with van der Waals surface area (Å²) < 4.78 is 13.3. The van der Waals surface area contributed by atoms with E-state index >= 15 is 0 Å². The Morgan fingerprint density at radius 1 is 1.32 bits per heavy atom. The fourth-order valence-corrected chi connectivity index (χ4v) is 2.61. The Bertz CT molecular complexity index is 379. The molecule has 0 aliphatic rings. The second kappa shape index (κ2) is 8.28. The monoisotopic (exact) mass is 266 g/mol. The third-order valence-electron chi connectivity index (χ3n) is 3.99. The number of hydrazine groups is 1. The summed E-state index contributed by atoms with van der Waals surface area (Å²) in [6.07, 6.45) is 5.49. The van der Waals surface area contributed by atoms with Crippen molar-refractivity contribution in [3.63, 3.8) is 0 Å². The molecule has 1 rings (SSSR count). The first kappa shape index (κ1) is 16.1. The summed E-state index contributed by atoms with van der Waals surface area (Å²) in [7, 11) is 0. The Morgan fingerprint density at radius 3 is 2.63 bits per heavy atom. The SMILES string of the molecule is CCCCC(CC)C(Cc1cc(F)ccc1C)NN. The number of unbranched alkanes of at least 4 members (excludes halogenated alkanes) is 1. The van der Waals surface area contributed by atoms with E-state index < -0.39 is 0 Å². The number of nitrogens with one attached hydrogen (secondary N) is 1. The van der Waals surface area contributed by atoms with Crippen molar-refractivity contribution in [1.82, 2.24) is 5.43 Å². The molecule has 19 heavy (non-hydrogen) atoms. The fourth-order valence-electron chi connectivity index (χ4n) is 2.61. The predicted molar refractivity (Wildman–Crippen MR) is 79.3 cm³/mol. The van der Waals surface area contributed by atoms with Crippen molar-refractivity contribution in [2.24, 2.45) is 11.8 Å². The highest BCUT2D eigenvalue weighted by molar-refractivity contribution is 5.27. The van der Waals surface area contributed by atoms with Gasteiger partial charge >= 0.3 is 0 Å². The maximum atomic E-state index is 13.3. The zero-order valence-corrected chi connectivity index (χ0v) is 12.4. The van der Waals surface area contributed by atoms with Crippen LogP contribution in [0.4, 0.5) is 4.39 Å². The Morgan fingerprint density at radius 2 is 2.05 bits per heavy atom. The lowest BCUT2D eigenvalue weighted by Crippen LogP contribution is -2.42. The van der Waals surface area contributed by atoms with Crippen molar-refractivity contribution >= 4 is 0 Å². The van der Waals surface area contributed by atoms with Crippen molar-refractivity contribution < 1.29 is 4.39 Å². The van der Waals surface area contributed by atoms with Crippen LogP contribution in [0.25, 0.3) is 0 Å². The van der Waals surface area contributed by atoms with Gasteiger partial charge in [0.2, 0.25) is 0 Å². The van der Waals surface area contributed by atoms with Gasteiger partial charge in [0.05, 0.1) is 0 Å². The number of hydrogen-bond donors (Lipinski definition) is 2. The van der Waals surface area contributed by atoms with E-state index in [2.05, 4.69) is 19.3 Å². The van der Waals surface area contributed by atoms with Gasteiger partial charge in [0, 0.05) is 6.04 Å². The minimum atomic E-state index is -0.169. The van der Waals surface area contributed by atoms with Crippen LogP contribution in [0.1, 0.15) is 50.7 Å². The first-order valence-corrected chi connectivity index (χ1v) is 7.33. The number of hydrogen-bond acceptors (Lipinski definition) is 2. The summed E-state index contributed by atoms with van der Waals surface area (Å²) in [6.45, 7) is 6.42. The van der Waals surface area contributed by atoms with Crippen LogP contribution in [0.15, 0.2) is 18.2 Å². The van der Waals surface area contributed by atoms with Gasteiger partial charge in [-0.15, -0.1) is 0 Å². The van der Waals surface area contributed by atoms with Gasteiger partial charge in [-0.25, -0.2) is 4.39 Å². The van der Waals surface area contributed by atoms with E-state index in [-0.39, 0.29) is 11.9 Å². The number of halogens is 1. The first-order valence-electron chi connectivity index (χ1n) is 7.33. The highest BCUT2D eigenvalue weighted by atomic mass is 19.1. The van der Waals surface area contributed by atoms with Gasteiger partial charge in [-0.1, -0.05) is 39.2 Å². The number of benzene rings is 1. The third-order valence-corrected chi connectivity index (χ3v) is 3.99. The van der Waals surface area contributed by atoms with Gasteiger partial charge in [0.25, 0.3) is 0 Å². The summed E-state index contributed by atoms with van der Waals surface area (Å²) in [5, 5.41) is 0. The smallest absolute Gasteiger partial charge is 0.123 e. The molecule has 0 amide bonds. The van der Waals surface area contributed by atoms with E-state index in [1.54, 1.807) is 6.07 Å². The molecule has 0 saturated heterocycles. The van der Waals surface area contributed by atoms with Gasteiger partial charge in [0.1, 0.15) is 5.82 Å². The molecule has 2 unspecified atom stereocenters. The first-order chi connectivity index (χ1) is 9.12. The molecule has 0 saturated carbocycles. The molecule has 1 aromatic rings. The molecule has 0 fully saturated rings. The summed E-state index contributed by atoms with van der Waals surface area (Å²) in [5.41, 5.74) is 5.12. The Hall–Kier alpha value is -0.930. The van der Waals surface area contributed by atoms with Crippen LogP contribution in [0.3, 0.4) is 0 Å². The van der Waals surface area contributed by atoms with E-state index in [0.29, 0.717) is 5.92 Å². The molecule has 0 spiro atoms. The Kier molecular flexibility index (Phi) is 7.03. The summed E-state index contributed by atoms with van der Waals surface area (Å²) in [6, 6.07) is 5.20. The lowest BCUT2D eigenvalue weighted by Gasteiger charge is -2.26. The quantitative estimate of drug-likeness (QED) is 0.556. The highest BCUT2D eigenvalue weighted by Gasteiger charge is 2.19. The Balaban J connectivity index is 2.76. The maximum Gasteiger partial charge on any atom is 0.123 e.